The van der Waals surface area contributed by atoms with Crippen molar-refractivity contribution in [1.82, 2.24) is 4.90 Å². The van der Waals surface area contributed by atoms with Gasteiger partial charge in [0.2, 0.25) is 5.91 Å². The van der Waals surface area contributed by atoms with Gasteiger partial charge >= 0.3 is 0 Å². The Morgan fingerprint density at radius 1 is 1.50 bits per heavy atom. The molecule has 1 amide bonds. The van der Waals surface area contributed by atoms with E-state index < -0.39 is 6.04 Å². The molecule has 3 unspecified atom stereocenters. The van der Waals surface area contributed by atoms with E-state index in [0.717, 1.165) is 5.56 Å². The summed E-state index contributed by atoms with van der Waals surface area (Å²) in [7, 11) is 0. The van der Waals surface area contributed by atoms with Crippen LogP contribution in [0.2, 0.25) is 5.02 Å². The summed E-state index contributed by atoms with van der Waals surface area (Å²) >= 11 is 6.18. The lowest BCUT2D eigenvalue weighted by Crippen LogP contribution is -2.52. The first-order valence-corrected chi connectivity index (χ1v) is 6.80. The molecule has 0 bridgehead atoms. The lowest BCUT2D eigenvalue weighted by Gasteiger charge is -2.39. The zero-order valence-electron chi connectivity index (χ0n) is 11.6. The van der Waals surface area contributed by atoms with Crippen LogP contribution < -0.4 is 5.73 Å². The Hall–Kier alpha value is -0.810. The van der Waals surface area contributed by atoms with Gasteiger partial charge in [-0.25, -0.2) is 0 Å². The first-order chi connectivity index (χ1) is 9.00. The number of amides is 1. The zero-order valence-corrected chi connectivity index (χ0v) is 13.2. The Morgan fingerprint density at radius 3 is 2.75 bits per heavy atom. The number of ether oxygens (including phenoxy) is 1. The molecule has 0 aromatic heterocycles. The van der Waals surface area contributed by atoms with E-state index in [1.807, 2.05) is 31.2 Å². The van der Waals surface area contributed by atoms with Gasteiger partial charge < -0.3 is 15.4 Å². The first-order valence-electron chi connectivity index (χ1n) is 6.42. The van der Waals surface area contributed by atoms with Gasteiger partial charge in [0.15, 0.2) is 0 Å². The summed E-state index contributed by atoms with van der Waals surface area (Å²) in [5, 5.41) is 0.662. The highest BCUT2D eigenvalue weighted by Gasteiger charge is 2.32. The van der Waals surface area contributed by atoms with Crippen molar-refractivity contribution in [3.8, 4) is 0 Å². The molecule has 1 aliphatic heterocycles. The van der Waals surface area contributed by atoms with Gasteiger partial charge in [-0.1, -0.05) is 29.8 Å². The van der Waals surface area contributed by atoms with E-state index >= 15 is 0 Å². The third kappa shape index (κ3) is 3.64. The molecular formula is C14H20Cl2N2O2. The third-order valence-corrected chi connectivity index (χ3v) is 3.70. The van der Waals surface area contributed by atoms with Crippen LogP contribution in [0.3, 0.4) is 0 Å². The average Bonchev–Trinajstić information content (AvgIpc) is 2.39. The van der Waals surface area contributed by atoms with Gasteiger partial charge in [0, 0.05) is 10.6 Å². The van der Waals surface area contributed by atoms with Gasteiger partial charge in [0.1, 0.15) is 6.10 Å². The first kappa shape index (κ1) is 17.2. The Bertz CT molecular complexity index is 468. The molecular weight excluding hydrogens is 299 g/mol. The van der Waals surface area contributed by atoms with Crippen molar-refractivity contribution < 1.29 is 9.53 Å². The molecule has 1 heterocycles. The minimum absolute atomic E-state index is 0. The van der Waals surface area contributed by atoms with Gasteiger partial charge in [-0.2, -0.15) is 0 Å². The number of nitrogens with zero attached hydrogens (tertiary/aromatic N) is 1. The lowest BCUT2D eigenvalue weighted by atomic mass is 10.1. The van der Waals surface area contributed by atoms with Crippen LogP contribution in [0.5, 0.6) is 0 Å². The molecule has 2 rings (SSSR count). The maximum absolute atomic E-state index is 12.1. The number of hydrogen-bond donors (Lipinski definition) is 1. The summed E-state index contributed by atoms with van der Waals surface area (Å²) in [5.41, 5.74) is 6.60. The predicted octanol–water partition coefficient (Wildman–Crippen LogP) is 2.40. The highest BCUT2D eigenvalue weighted by Crippen LogP contribution is 2.30. The monoisotopic (exact) mass is 318 g/mol. The molecule has 6 heteroatoms. The van der Waals surface area contributed by atoms with E-state index in [1.54, 1.807) is 11.8 Å². The minimum atomic E-state index is -0.493. The molecule has 0 spiro atoms. The van der Waals surface area contributed by atoms with Crippen LogP contribution in [-0.4, -0.2) is 36.0 Å². The van der Waals surface area contributed by atoms with Gasteiger partial charge in [-0.3, -0.25) is 4.79 Å². The zero-order chi connectivity index (χ0) is 14.0. The van der Waals surface area contributed by atoms with Gasteiger partial charge in [0.05, 0.1) is 25.2 Å². The number of morpholine rings is 1. The molecule has 1 aliphatic rings. The average molecular weight is 319 g/mol. The highest BCUT2D eigenvalue weighted by atomic mass is 35.5. The SMILES string of the molecule is CC(N)C(=O)N1CC(c2ccccc2Cl)OCC1C.Cl. The minimum Gasteiger partial charge on any atom is -0.369 e. The number of halogens is 2. The molecule has 112 valence electrons. The molecule has 1 aromatic rings. The molecule has 4 nitrogen and oxygen atoms in total. The van der Waals surface area contributed by atoms with Crippen molar-refractivity contribution in [2.45, 2.75) is 32.0 Å². The summed E-state index contributed by atoms with van der Waals surface area (Å²) in [5.74, 6) is -0.0483. The highest BCUT2D eigenvalue weighted by molar-refractivity contribution is 6.31. The molecule has 0 radical (unpaired) electrons. The van der Waals surface area contributed by atoms with Crippen LogP contribution >= 0.6 is 24.0 Å². The number of benzene rings is 1. The van der Waals surface area contributed by atoms with Crippen LogP contribution in [0.25, 0.3) is 0 Å². The second-order valence-corrected chi connectivity index (χ2v) is 5.38. The Kier molecular flexibility index (Phi) is 6.27. The second kappa shape index (κ2) is 7.27. The number of rotatable bonds is 2. The third-order valence-electron chi connectivity index (χ3n) is 3.36. The smallest absolute Gasteiger partial charge is 0.239 e. The predicted molar refractivity (Wildman–Crippen MR) is 82.2 cm³/mol. The van der Waals surface area contributed by atoms with Crippen LogP contribution in [0.15, 0.2) is 24.3 Å². The van der Waals surface area contributed by atoms with Crippen LogP contribution in [0.1, 0.15) is 25.5 Å². The summed E-state index contributed by atoms with van der Waals surface area (Å²) in [4.78, 5) is 13.9. The van der Waals surface area contributed by atoms with E-state index in [9.17, 15) is 4.79 Å². The van der Waals surface area contributed by atoms with E-state index in [0.29, 0.717) is 18.2 Å². The molecule has 1 aromatic carbocycles. The maximum atomic E-state index is 12.1. The van der Waals surface area contributed by atoms with Crippen molar-refractivity contribution in [1.29, 1.82) is 0 Å². The van der Waals surface area contributed by atoms with Crippen molar-refractivity contribution in [3.63, 3.8) is 0 Å². The number of carbonyl (C=O) groups excluding carboxylic acids is 1. The number of nitrogens with two attached hydrogens (primary N) is 1. The Labute approximate surface area is 130 Å². The number of hydrogen-bond acceptors (Lipinski definition) is 3. The van der Waals surface area contributed by atoms with E-state index in [1.165, 1.54) is 0 Å². The summed E-state index contributed by atoms with van der Waals surface area (Å²) in [6.45, 7) is 4.65. The van der Waals surface area contributed by atoms with Crippen LogP contribution in [0, 0.1) is 0 Å². The van der Waals surface area contributed by atoms with E-state index in [-0.39, 0.29) is 30.5 Å². The molecule has 2 N–H and O–H groups in total. The summed E-state index contributed by atoms with van der Waals surface area (Å²) < 4.78 is 5.80. The standard InChI is InChI=1S/C14H19ClN2O2.ClH/c1-9-8-19-13(7-17(9)14(18)10(2)16)11-5-3-4-6-12(11)15;/h3-6,9-10,13H,7-8,16H2,1-2H3;1H. The molecule has 0 aliphatic carbocycles. The number of carbonyl (C=O) groups is 1. The Balaban J connectivity index is 0.00000200. The second-order valence-electron chi connectivity index (χ2n) is 4.97. The van der Waals surface area contributed by atoms with Crippen molar-refractivity contribution >= 4 is 29.9 Å². The van der Waals surface area contributed by atoms with Crippen molar-refractivity contribution in [2.24, 2.45) is 5.73 Å². The Morgan fingerprint density at radius 2 is 2.15 bits per heavy atom. The quantitative estimate of drug-likeness (QED) is 0.911. The molecule has 20 heavy (non-hydrogen) atoms. The summed E-state index contributed by atoms with van der Waals surface area (Å²) in [6.07, 6.45) is -0.187. The van der Waals surface area contributed by atoms with Gasteiger partial charge in [-0.15, -0.1) is 12.4 Å². The fourth-order valence-corrected chi connectivity index (χ4v) is 2.51. The maximum Gasteiger partial charge on any atom is 0.239 e. The fraction of sp³-hybridized carbons (Fsp3) is 0.500. The fourth-order valence-electron chi connectivity index (χ4n) is 2.25. The normalized spacial score (nSPS) is 23.9. The van der Waals surface area contributed by atoms with Crippen molar-refractivity contribution in [2.75, 3.05) is 13.2 Å². The lowest BCUT2D eigenvalue weighted by molar-refractivity contribution is -0.145. The largest absolute Gasteiger partial charge is 0.369 e. The summed E-state index contributed by atoms with van der Waals surface area (Å²) in [6, 6.07) is 7.10. The van der Waals surface area contributed by atoms with Gasteiger partial charge in [-0.05, 0) is 19.9 Å². The van der Waals surface area contributed by atoms with Crippen molar-refractivity contribution in [3.05, 3.63) is 34.9 Å². The van der Waals surface area contributed by atoms with Gasteiger partial charge in [0.25, 0.3) is 0 Å². The van der Waals surface area contributed by atoms with Crippen LogP contribution in [0.4, 0.5) is 0 Å². The topological polar surface area (TPSA) is 55.6 Å². The van der Waals surface area contributed by atoms with E-state index in [2.05, 4.69) is 0 Å². The molecule has 0 saturated carbocycles. The molecule has 3 atom stereocenters. The van der Waals surface area contributed by atoms with Crippen LogP contribution in [-0.2, 0) is 9.53 Å². The molecule has 1 saturated heterocycles. The van der Waals surface area contributed by atoms with E-state index in [4.69, 9.17) is 22.1 Å². The molecule has 1 fully saturated rings.